The van der Waals surface area contributed by atoms with E-state index in [-0.39, 0.29) is 5.91 Å². The fraction of sp³-hybridized carbons (Fsp3) is 0.182. The molecule has 0 aliphatic carbocycles. The van der Waals surface area contributed by atoms with Crippen molar-refractivity contribution < 1.29 is 4.79 Å². The molecule has 8 heteroatoms. The molecule has 0 spiro atoms. The highest BCUT2D eigenvalue weighted by Gasteiger charge is 2.07. The minimum atomic E-state index is -0.109. The quantitative estimate of drug-likeness (QED) is 0.465. The van der Waals surface area contributed by atoms with Crippen LogP contribution < -0.4 is 10.6 Å². The Labute approximate surface area is 174 Å². The Bertz CT molecular complexity index is 1130. The molecule has 0 aliphatic heterocycles. The van der Waals surface area contributed by atoms with Crippen molar-refractivity contribution in [3.8, 4) is 11.5 Å². The second-order valence-corrected chi connectivity index (χ2v) is 6.92. The number of amides is 1. The summed E-state index contributed by atoms with van der Waals surface area (Å²) in [7, 11) is 0. The van der Waals surface area contributed by atoms with E-state index in [4.69, 9.17) is 0 Å². The number of hydrogen-bond acceptors (Lipinski definition) is 5. The van der Waals surface area contributed by atoms with E-state index in [9.17, 15) is 4.79 Å². The first-order chi connectivity index (χ1) is 14.6. The lowest BCUT2D eigenvalue weighted by Crippen LogP contribution is -2.28. The van der Waals surface area contributed by atoms with Gasteiger partial charge in [-0.1, -0.05) is 0 Å². The summed E-state index contributed by atoms with van der Waals surface area (Å²) >= 11 is 0. The predicted octanol–water partition coefficient (Wildman–Crippen LogP) is 2.91. The average molecular weight is 401 g/mol. The van der Waals surface area contributed by atoms with E-state index >= 15 is 0 Å². The van der Waals surface area contributed by atoms with Crippen molar-refractivity contribution >= 4 is 11.7 Å². The highest BCUT2D eigenvalue weighted by molar-refractivity contribution is 5.94. The van der Waals surface area contributed by atoms with Crippen molar-refractivity contribution in [1.29, 1.82) is 0 Å². The zero-order valence-corrected chi connectivity index (χ0v) is 16.9. The molecule has 0 unspecified atom stereocenters. The van der Waals surface area contributed by atoms with Crippen LogP contribution in [0.1, 0.15) is 21.7 Å². The second kappa shape index (κ2) is 8.60. The standard InChI is InChI=1S/C22H23N7O/c1-16-13-17(2)29(27-16)21-14-20(25-15-26-21)23-9-10-24-22(30)18-5-7-19(8-6-18)28-11-3-4-12-28/h3-8,11-15H,9-10H2,1-2H3,(H,24,30)(H,23,25,26). The molecule has 1 amide bonds. The third kappa shape index (κ3) is 4.38. The molecule has 152 valence electrons. The summed E-state index contributed by atoms with van der Waals surface area (Å²) in [5.74, 6) is 1.27. The van der Waals surface area contributed by atoms with Crippen molar-refractivity contribution in [2.45, 2.75) is 13.8 Å². The van der Waals surface area contributed by atoms with Gasteiger partial charge in [0.25, 0.3) is 5.91 Å². The zero-order chi connectivity index (χ0) is 20.9. The monoisotopic (exact) mass is 401 g/mol. The van der Waals surface area contributed by atoms with Crippen LogP contribution in [0.5, 0.6) is 0 Å². The van der Waals surface area contributed by atoms with E-state index < -0.39 is 0 Å². The Kier molecular flexibility index (Phi) is 5.56. The molecule has 1 aromatic carbocycles. The highest BCUT2D eigenvalue weighted by Crippen LogP contribution is 2.12. The molecule has 8 nitrogen and oxygen atoms in total. The number of anilines is 1. The van der Waals surface area contributed by atoms with Crippen LogP contribution in [0.4, 0.5) is 5.82 Å². The summed E-state index contributed by atoms with van der Waals surface area (Å²) in [6.45, 7) is 4.94. The lowest BCUT2D eigenvalue weighted by atomic mass is 10.2. The van der Waals surface area contributed by atoms with E-state index in [0.29, 0.717) is 30.3 Å². The Morgan fingerprint density at radius 3 is 2.47 bits per heavy atom. The number of aromatic nitrogens is 5. The van der Waals surface area contributed by atoms with Gasteiger partial charge >= 0.3 is 0 Å². The van der Waals surface area contributed by atoms with Crippen molar-refractivity contribution in [2.24, 2.45) is 0 Å². The van der Waals surface area contributed by atoms with Gasteiger partial charge in [0.15, 0.2) is 5.82 Å². The van der Waals surface area contributed by atoms with E-state index in [1.165, 1.54) is 6.33 Å². The van der Waals surface area contributed by atoms with Gasteiger partial charge in [-0.25, -0.2) is 14.6 Å². The molecule has 0 atom stereocenters. The molecule has 4 aromatic rings. The normalized spacial score (nSPS) is 10.7. The van der Waals surface area contributed by atoms with Gasteiger partial charge in [0.1, 0.15) is 12.1 Å². The maximum atomic E-state index is 12.3. The van der Waals surface area contributed by atoms with Crippen LogP contribution in [0.2, 0.25) is 0 Å². The Morgan fingerprint density at radius 1 is 1.00 bits per heavy atom. The summed E-state index contributed by atoms with van der Waals surface area (Å²) < 4.78 is 3.77. The number of carbonyl (C=O) groups excluding carboxylic acids is 1. The van der Waals surface area contributed by atoms with Gasteiger partial charge in [-0.15, -0.1) is 0 Å². The maximum absolute atomic E-state index is 12.3. The molecule has 30 heavy (non-hydrogen) atoms. The predicted molar refractivity (Wildman–Crippen MR) is 115 cm³/mol. The summed E-state index contributed by atoms with van der Waals surface area (Å²) in [5, 5.41) is 10.6. The number of nitrogens with zero attached hydrogens (tertiary/aromatic N) is 5. The average Bonchev–Trinajstić information content (AvgIpc) is 3.41. The molecule has 0 radical (unpaired) electrons. The summed E-state index contributed by atoms with van der Waals surface area (Å²) in [4.78, 5) is 20.9. The first kappa shape index (κ1) is 19.4. The van der Waals surface area contributed by atoms with Crippen molar-refractivity contribution in [1.82, 2.24) is 29.6 Å². The van der Waals surface area contributed by atoms with Gasteiger partial charge in [0, 0.05) is 48.5 Å². The third-order valence-corrected chi connectivity index (χ3v) is 4.63. The van der Waals surface area contributed by atoms with Gasteiger partial charge in [-0.3, -0.25) is 4.79 Å². The van der Waals surface area contributed by atoms with Crippen LogP contribution in [-0.2, 0) is 0 Å². The minimum absolute atomic E-state index is 0.109. The molecule has 0 saturated heterocycles. The molecule has 0 bridgehead atoms. The molecular weight excluding hydrogens is 378 g/mol. The molecular formula is C22H23N7O. The number of benzene rings is 1. The third-order valence-electron chi connectivity index (χ3n) is 4.63. The SMILES string of the molecule is Cc1cc(C)n(-c2cc(NCCNC(=O)c3ccc(-n4cccc4)cc3)ncn2)n1. The van der Waals surface area contributed by atoms with Crippen LogP contribution in [0, 0.1) is 13.8 Å². The van der Waals surface area contributed by atoms with Crippen molar-refractivity contribution in [2.75, 3.05) is 18.4 Å². The summed E-state index contributed by atoms with van der Waals surface area (Å²) in [6.07, 6.45) is 5.43. The van der Waals surface area contributed by atoms with Gasteiger partial charge in [0.05, 0.1) is 5.69 Å². The lowest BCUT2D eigenvalue weighted by Gasteiger charge is -2.09. The number of hydrogen-bond donors (Lipinski definition) is 2. The zero-order valence-electron chi connectivity index (χ0n) is 16.9. The van der Waals surface area contributed by atoms with Gasteiger partial charge in [-0.2, -0.15) is 5.10 Å². The van der Waals surface area contributed by atoms with Crippen molar-refractivity contribution in [3.63, 3.8) is 0 Å². The fourth-order valence-electron chi connectivity index (χ4n) is 3.18. The molecule has 3 heterocycles. The van der Waals surface area contributed by atoms with E-state index in [0.717, 1.165) is 17.1 Å². The van der Waals surface area contributed by atoms with Gasteiger partial charge in [0.2, 0.25) is 0 Å². The molecule has 0 aliphatic rings. The maximum Gasteiger partial charge on any atom is 0.251 e. The summed E-state index contributed by atoms with van der Waals surface area (Å²) in [5.41, 5.74) is 3.58. The molecule has 2 N–H and O–H groups in total. The largest absolute Gasteiger partial charge is 0.368 e. The van der Waals surface area contributed by atoms with Crippen LogP contribution in [0.25, 0.3) is 11.5 Å². The Balaban J connectivity index is 1.29. The van der Waals surface area contributed by atoms with E-state index in [1.54, 1.807) is 4.68 Å². The highest BCUT2D eigenvalue weighted by atomic mass is 16.1. The van der Waals surface area contributed by atoms with Crippen LogP contribution in [-0.4, -0.2) is 43.3 Å². The molecule has 0 saturated carbocycles. The lowest BCUT2D eigenvalue weighted by molar-refractivity contribution is 0.0955. The number of nitrogens with one attached hydrogen (secondary N) is 2. The number of carbonyl (C=O) groups is 1. The first-order valence-corrected chi connectivity index (χ1v) is 9.71. The topological polar surface area (TPSA) is 89.7 Å². The molecule has 0 fully saturated rings. The fourth-order valence-corrected chi connectivity index (χ4v) is 3.18. The van der Waals surface area contributed by atoms with Gasteiger partial charge in [-0.05, 0) is 56.3 Å². The number of rotatable bonds is 7. The van der Waals surface area contributed by atoms with Crippen LogP contribution >= 0.6 is 0 Å². The first-order valence-electron chi connectivity index (χ1n) is 9.71. The van der Waals surface area contributed by atoms with Crippen LogP contribution in [0.3, 0.4) is 0 Å². The molecule has 3 aromatic heterocycles. The van der Waals surface area contributed by atoms with Crippen LogP contribution in [0.15, 0.2) is 67.3 Å². The minimum Gasteiger partial charge on any atom is -0.368 e. The smallest absolute Gasteiger partial charge is 0.251 e. The van der Waals surface area contributed by atoms with E-state index in [2.05, 4.69) is 25.7 Å². The van der Waals surface area contributed by atoms with Crippen molar-refractivity contribution in [3.05, 3.63) is 84.2 Å². The summed E-state index contributed by atoms with van der Waals surface area (Å²) in [6, 6.07) is 15.3. The van der Waals surface area contributed by atoms with E-state index in [1.807, 2.05) is 79.3 Å². The Hall–Kier alpha value is -3.94. The second-order valence-electron chi connectivity index (χ2n) is 6.92. The Morgan fingerprint density at radius 2 is 1.77 bits per heavy atom. The number of aryl methyl sites for hydroxylation is 2. The molecule has 4 rings (SSSR count). The van der Waals surface area contributed by atoms with Gasteiger partial charge < -0.3 is 15.2 Å².